The maximum Gasteiger partial charge on any atom is 0.323 e. The Kier molecular flexibility index (Phi) is 5.85. The van der Waals surface area contributed by atoms with Crippen LogP contribution >= 0.6 is 0 Å². The van der Waals surface area contributed by atoms with Crippen molar-refractivity contribution in [3.8, 4) is 0 Å². The molecule has 0 aromatic rings. The Morgan fingerprint density at radius 3 is 2.48 bits per heavy atom. The molecule has 0 spiro atoms. The van der Waals surface area contributed by atoms with E-state index in [0.717, 1.165) is 38.5 Å². The fraction of sp³-hybridized carbons (Fsp3) is 0.867. The number of rotatable bonds is 5. The lowest BCUT2D eigenvalue weighted by atomic mass is 9.95. The highest BCUT2D eigenvalue weighted by Gasteiger charge is 2.33. The molecule has 21 heavy (non-hydrogen) atoms. The number of urea groups is 1. The quantitative estimate of drug-likeness (QED) is 0.806. The third-order valence-corrected chi connectivity index (χ3v) is 4.64. The van der Waals surface area contributed by atoms with Gasteiger partial charge in [-0.05, 0) is 38.0 Å². The largest absolute Gasteiger partial charge is 0.480 e. The number of hydrogen-bond acceptors (Lipinski definition) is 3. The summed E-state index contributed by atoms with van der Waals surface area (Å²) in [5.41, 5.74) is 0. The maximum atomic E-state index is 12.7. The fourth-order valence-electron chi connectivity index (χ4n) is 3.55. The molecule has 2 amide bonds. The fourth-order valence-corrected chi connectivity index (χ4v) is 3.55. The Labute approximate surface area is 125 Å². The lowest BCUT2D eigenvalue weighted by Crippen LogP contribution is -2.52. The van der Waals surface area contributed by atoms with Crippen molar-refractivity contribution in [3.05, 3.63) is 0 Å². The SMILES string of the molecule is O=C(O)CN(C(=O)N1CCCC(CCO)C1)C1CCCC1. The molecule has 6 nitrogen and oxygen atoms in total. The molecule has 120 valence electrons. The number of amides is 2. The maximum absolute atomic E-state index is 12.7. The average molecular weight is 298 g/mol. The zero-order valence-corrected chi connectivity index (χ0v) is 12.5. The Morgan fingerprint density at radius 1 is 1.14 bits per heavy atom. The van der Waals surface area contributed by atoms with Gasteiger partial charge in [-0.3, -0.25) is 4.79 Å². The summed E-state index contributed by atoms with van der Waals surface area (Å²) >= 11 is 0. The van der Waals surface area contributed by atoms with Gasteiger partial charge in [0.15, 0.2) is 0 Å². The highest BCUT2D eigenvalue weighted by atomic mass is 16.4. The molecule has 0 aromatic heterocycles. The molecule has 2 rings (SSSR count). The van der Waals surface area contributed by atoms with Crippen LogP contribution in [-0.2, 0) is 4.79 Å². The van der Waals surface area contributed by atoms with Gasteiger partial charge < -0.3 is 20.0 Å². The minimum absolute atomic E-state index is 0.0758. The summed E-state index contributed by atoms with van der Waals surface area (Å²) in [5.74, 6) is -0.609. The Bertz CT molecular complexity index is 367. The second-order valence-corrected chi connectivity index (χ2v) is 6.21. The van der Waals surface area contributed by atoms with Crippen LogP contribution < -0.4 is 0 Å². The van der Waals surface area contributed by atoms with Crippen LogP contribution in [0.1, 0.15) is 44.9 Å². The van der Waals surface area contributed by atoms with Crippen LogP contribution in [0.2, 0.25) is 0 Å². The van der Waals surface area contributed by atoms with Gasteiger partial charge in [-0.2, -0.15) is 0 Å². The zero-order chi connectivity index (χ0) is 15.2. The van der Waals surface area contributed by atoms with E-state index in [1.165, 1.54) is 0 Å². The van der Waals surface area contributed by atoms with Gasteiger partial charge >= 0.3 is 12.0 Å². The van der Waals surface area contributed by atoms with E-state index in [1.807, 2.05) is 0 Å². The van der Waals surface area contributed by atoms with Gasteiger partial charge in [0, 0.05) is 25.7 Å². The number of aliphatic carboxylic acids is 1. The third-order valence-electron chi connectivity index (χ3n) is 4.64. The van der Waals surface area contributed by atoms with Gasteiger partial charge in [-0.1, -0.05) is 12.8 Å². The average Bonchev–Trinajstić information content (AvgIpc) is 2.98. The summed E-state index contributed by atoms with van der Waals surface area (Å²) in [6.07, 6.45) is 6.64. The Balaban J connectivity index is 2.00. The molecule has 0 aromatic carbocycles. The topological polar surface area (TPSA) is 81.1 Å². The Morgan fingerprint density at radius 2 is 1.86 bits per heavy atom. The molecule has 1 saturated carbocycles. The minimum Gasteiger partial charge on any atom is -0.480 e. The Hall–Kier alpha value is -1.30. The van der Waals surface area contributed by atoms with E-state index in [9.17, 15) is 9.59 Å². The molecule has 1 heterocycles. The number of nitrogens with zero attached hydrogens (tertiary/aromatic N) is 2. The number of aliphatic hydroxyl groups is 1. The van der Waals surface area contributed by atoms with Crippen molar-refractivity contribution in [2.24, 2.45) is 5.92 Å². The van der Waals surface area contributed by atoms with E-state index in [0.29, 0.717) is 25.4 Å². The van der Waals surface area contributed by atoms with Crippen LogP contribution in [0.3, 0.4) is 0 Å². The van der Waals surface area contributed by atoms with Crippen molar-refractivity contribution in [1.82, 2.24) is 9.80 Å². The van der Waals surface area contributed by atoms with Crippen LogP contribution in [0.4, 0.5) is 4.79 Å². The van der Waals surface area contributed by atoms with Gasteiger partial charge in [0.05, 0.1) is 0 Å². The van der Waals surface area contributed by atoms with E-state index in [2.05, 4.69) is 0 Å². The highest BCUT2D eigenvalue weighted by Crippen LogP contribution is 2.26. The normalized spacial score (nSPS) is 23.3. The molecule has 2 aliphatic rings. The second kappa shape index (κ2) is 7.64. The molecule has 1 aliphatic carbocycles. The number of carboxylic acid groups (broad SMARTS) is 1. The zero-order valence-electron chi connectivity index (χ0n) is 12.5. The molecule has 2 fully saturated rings. The summed E-state index contributed by atoms with van der Waals surface area (Å²) in [4.78, 5) is 27.1. The predicted octanol–water partition coefficient (Wildman–Crippen LogP) is 1.53. The monoisotopic (exact) mass is 298 g/mol. The van der Waals surface area contributed by atoms with E-state index < -0.39 is 5.97 Å². The van der Waals surface area contributed by atoms with Crippen LogP contribution in [0, 0.1) is 5.92 Å². The first kappa shape index (κ1) is 16.1. The van der Waals surface area contributed by atoms with Gasteiger partial charge in [0.25, 0.3) is 0 Å². The number of carbonyl (C=O) groups excluding carboxylic acids is 1. The standard InChI is InChI=1S/C15H26N2O4/c18-9-7-12-4-3-8-16(10-12)15(21)17(11-14(19)20)13-5-1-2-6-13/h12-13,18H,1-11H2,(H,19,20). The number of likely N-dealkylation sites (tertiary alicyclic amines) is 1. The first-order valence-electron chi connectivity index (χ1n) is 8.00. The van der Waals surface area contributed by atoms with Crippen molar-refractivity contribution in [2.45, 2.75) is 51.0 Å². The summed E-state index contributed by atoms with van der Waals surface area (Å²) in [7, 11) is 0. The highest BCUT2D eigenvalue weighted by molar-refractivity contribution is 5.80. The third kappa shape index (κ3) is 4.33. The van der Waals surface area contributed by atoms with E-state index in [4.69, 9.17) is 10.2 Å². The smallest absolute Gasteiger partial charge is 0.323 e. The molecule has 0 radical (unpaired) electrons. The van der Waals surface area contributed by atoms with Crippen LogP contribution in [-0.4, -0.2) is 64.3 Å². The van der Waals surface area contributed by atoms with E-state index in [-0.39, 0.29) is 25.2 Å². The molecule has 1 aliphatic heterocycles. The van der Waals surface area contributed by atoms with Crippen LogP contribution in [0.15, 0.2) is 0 Å². The lowest BCUT2D eigenvalue weighted by molar-refractivity contribution is -0.138. The number of piperidine rings is 1. The van der Waals surface area contributed by atoms with Crippen molar-refractivity contribution in [3.63, 3.8) is 0 Å². The van der Waals surface area contributed by atoms with Gasteiger partial charge in [-0.15, -0.1) is 0 Å². The number of aliphatic hydroxyl groups excluding tert-OH is 1. The van der Waals surface area contributed by atoms with Crippen LogP contribution in [0.5, 0.6) is 0 Å². The second-order valence-electron chi connectivity index (χ2n) is 6.21. The summed E-state index contributed by atoms with van der Waals surface area (Å²) in [5, 5.41) is 18.1. The first-order chi connectivity index (χ1) is 10.1. The predicted molar refractivity (Wildman–Crippen MR) is 78.0 cm³/mol. The van der Waals surface area contributed by atoms with Crippen molar-refractivity contribution < 1.29 is 19.8 Å². The molecular formula is C15H26N2O4. The molecule has 1 saturated heterocycles. The van der Waals surface area contributed by atoms with Crippen LogP contribution in [0.25, 0.3) is 0 Å². The summed E-state index contributed by atoms with van der Waals surface area (Å²) in [6.45, 7) is 1.28. The molecule has 1 unspecified atom stereocenters. The van der Waals surface area contributed by atoms with Gasteiger partial charge in [0.1, 0.15) is 6.54 Å². The van der Waals surface area contributed by atoms with Crippen molar-refractivity contribution in [2.75, 3.05) is 26.2 Å². The molecule has 1 atom stereocenters. The lowest BCUT2D eigenvalue weighted by Gasteiger charge is -2.38. The molecule has 6 heteroatoms. The van der Waals surface area contributed by atoms with Gasteiger partial charge in [-0.25, -0.2) is 4.79 Å². The van der Waals surface area contributed by atoms with E-state index >= 15 is 0 Å². The van der Waals surface area contributed by atoms with E-state index in [1.54, 1.807) is 9.80 Å². The van der Waals surface area contributed by atoms with Crippen molar-refractivity contribution >= 4 is 12.0 Å². The number of carbonyl (C=O) groups is 2. The molecule has 0 bridgehead atoms. The number of carboxylic acids is 1. The minimum atomic E-state index is -0.945. The van der Waals surface area contributed by atoms with Crippen molar-refractivity contribution in [1.29, 1.82) is 0 Å². The first-order valence-corrected chi connectivity index (χ1v) is 8.00. The molecule has 2 N–H and O–H groups in total. The molecular weight excluding hydrogens is 272 g/mol. The number of hydrogen-bond donors (Lipinski definition) is 2. The summed E-state index contributed by atoms with van der Waals surface area (Å²) < 4.78 is 0. The van der Waals surface area contributed by atoms with Gasteiger partial charge in [0.2, 0.25) is 0 Å². The summed E-state index contributed by atoms with van der Waals surface area (Å²) in [6, 6.07) is -0.0567.